The average molecular weight is 286 g/mol. The molecule has 0 aliphatic rings. The Morgan fingerprint density at radius 3 is 2.71 bits per heavy atom. The van der Waals surface area contributed by atoms with Crippen molar-refractivity contribution < 1.29 is 14.6 Å². The predicted molar refractivity (Wildman–Crippen MR) is 80.1 cm³/mol. The largest absolute Gasteiger partial charge is 0.494 e. The number of amides is 1. The molecule has 0 fully saturated rings. The van der Waals surface area contributed by atoms with Gasteiger partial charge in [0.05, 0.1) is 19.6 Å². The lowest BCUT2D eigenvalue weighted by atomic mass is 10.1. The first-order valence-corrected chi connectivity index (χ1v) is 6.79. The predicted octanol–water partition coefficient (Wildman–Crippen LogP) is 2.15. The summed E-state index contributed by atoms with van der Waals surface area (Å²) in [7, 11) is 0. The number of nitrogens with one attached hydrogen (secondary N) is 1. The van der Waals surface area contributed by atoms with Crippen LogP contribution >= 0.6 is 0 Å². The molecule has 5 nitrogen and oxygen atoms in total. The quantitative estimate of drug-likeness (QED) is 0.853. The lowest BCUT2D eigenvalue weighted by Gasteiger charge is -2.08. The van der Waals surface area contributed by atoms with Gasteiger partial charge in [-0.3, -0.25) is 4.79 Å². The molecule has 1 amide bonds. The number of rotatable bonds is 6. The summed E-state index contributed by atoms with van der Waals surface area (Å²) in [6, 6.07) is 10.8. The highest BCUT2D eigenvalue weighted by Gasteiger charge is 2.08. The second kappa shape index (κ2) is 7.40. The Morgan fingerprint density at radius 2 is 2.05 bits per heavy atom. The highest BCUT2D eigenvalue weighted by Crippen LogP contribution is 2.14. The lowest BCUT2D eigenvalue weighted by Crippen LogP contribution is -2.16. The molecule has 0 saturated heterocycles. The van der Waals surface area contributed by atoms with E-state index in [4.69, 9.17) is 4.74 Å². The molecule has 0 bridgehead atoms. The van der Waals surface area contributed by atoms with E-state index in [-0.39, 0.29) is 18.9 Å². The van der Waals surface area contributed by atoms with Crippen molar-refractivity contribution in [3.63, 3.8) is 0 Å². The van der Waals surface area contributed by atoms with E-state index >= 15 is 0 Å². The molecule has 1 aromatic heterocycles. The van der Waals surface area contributed by atoms with E-state index in [1.807, 2.05) is 31.2 Å². The van der Waals surface area contributed by atoms with Gasteiger partial charge in [0.25, 0.3) is 0 Å². The number of ether oxygens (including phenoxy) is 1. The van der Waals surface area contributed by atoms with Crippen LogP contribution in [0.4, 0.5) is 5.82 Å². The number of carbonyl (C=O) groups is 1. The van der Waals surface area contributed by atoms with Gasteiger partial charge in [0.15, 0.2) is 0 Å². The van der Waals surface area contributed by atoms with Gasteiger partial charge in [-0.05, 0) is 30.7 Å². The van der Waals surface area contributed by atoms with Gasteiger partial charge in [-0.15, -0.1) is 0 Å². The normalized spacial score (nSPS) is 10.2. The summed E-state index contributed by atoms with van der Waals surface area (Å²) in [4.78, 5) is 16.1. The van der Waals surface area contributed by atoms with Crippen LogP contribution in [0.3, 0.4) is 0 Å². The number of carbonyl (C=O) groups excluding carboxylic acids is 1. The molecule has 0 spiro atoms. The van der Waals surface area contributed by atoms with Crippen molar-refractivity contribution in [3.8, 4) is 5.75 Å². The van der Waals surface area contributed by atoms with Crippen molar-refractivity contribution in [1.29, 1.82) is 0 Å². The van der Waals surface area contributed by atoms with Gasteiger partial charge in [-0.25, -0.2) is 4.98 Å². The van der Waals surface area contributed by atoms with Crippen molar-refractivity contribution in [2.24, 2.45) is 0 Å². The average Bonchev–Trinajstić information content (AvgIpc) is 2.50. The number of aliphatic hydroxyl groups is 1. The van der Waals surface area contributed by atoms with Crippen LogP contribution in [0.25, 0.3) is 0 Å². The highest BCUT2D eigenvalue weighted by atomic mass is 16.5. The molecule has 0 radical (unpaired) electrons. The second-order valence-electron chi connectivity index (χ2n) is 4.47. The monoisotopic (exact) mass is 286 g/mol. The molecule has 21 heavy (non-hydrogen) atoms. The Bertz CT molecular complexity index is 597. The fraction of sp³-hybridized carbons (Fsp3) is 0.250. The molecule has 110 valence electrons. The first kappa shape index (κ1) is 15.0. The number of hydrogen-bond donors (Lipinski definition) is 2. The molecule has 2 rings (SSSR count). The van der Waals surface area contributed by atoms with E-state index in [9.17, 15) is 9.90 Å². The zero-order valence-corrected chi connectivity index (χ0v) is 11.9. The maximum Gasteiger partial charge on any atom is 0.229 e. The number of hydrogen-bond acceptors (Lipinski definition) is 4. The number of aliphatic hydroxyl groups excluding tert-OH is 1. The number of nitrogens with zero attached hydrogens (tertiary/aromatic N) is 1. The summed E-state index contributed by atoms with van der Waals surface area (Å²) in [5.41, 5.74) is 1.48. The van der Waals surface area contributed by atoms with Crippen LogP contribution in [0.1, 0.15) is 18.1 Å². The molecule has 2 N–H and O–H groups in total. The molecule has 0 aliphatic heterocycles. The Kier molecular flexibility index (Phi) is 5.29. The Morgan fingerprint density at radius 1 is 1.29 bits per heavy atom. The SMILES string of the molecule is CCOc1ccc(CC(=O)Nc2ncccc2CO)cc1. The minimum absolute atomic E-state index is 0.160. The summed E-state index contributed by atoms with van der Waals surface area (Å²) in [5.74, 6) is 1.01. The molecule has 0 atom stereocenters. The maximum absolute atomic E-state index is 12.0. The maximum atomic E-state index is 12.0. The third-order valence-corrected chi connectivity index (χ3v) is 2.92. The third-order valence-electron chi connectivity index (χ3n) is 2.92. The van der Waals surface area contributed by atoms with Gasteiger partial charge < -0.3 is 15.2 Å². The van der Waals surface area contributed by atoms with Crippen LogP contribution < -0.4 is 10.1 Å². The first-order chi connectivity index (χ1) is 10.2. The molecule has 0 saturated carbocycles. The van der Waals surface area contributed by atoms with E-state index in [1.54, 1.807) is 18.3 Å². The summed E-state index contributed by atoms with van der Waals surface area (Å²) >= 11 is 0. The van der Waals surface area contributed by atoms with Gasteiger partial charge in [0.2, 0.25) is 5.91 Å². The summed E-state index contributed by atoms with van der Waals surface area (Å²) < 4.78 is 5.35. The molecule has 0 aliphatic carbocycles. The van der Waals surface area contributed by atoms with E-state index in [0.29, 0.717) is 18.0 Å². The number of anilines is 1. The van der Waals surface area contributed by atoms with Crippen LogP contribution in [0.15, 0.2) is 42.6 Å². The molecular formula is C16H18N2O3. The number of aromatic nitrogens is 1. The topological polar surface area (TPSA) is 71.5 Å². The summed E-state index contributed by atoms with van der Waals surface area (Å²) in [5, 5.41) is 11.9. The van der Waals surface area contributed by atoms with Crippen LogP contribution in [0, 0.1) is 0 Å². The summed E-state index contributed by atoms with van der Waals surface area (Å²) in [6.45, 7) is 2.38. The van der Waals surface area contributed by atoms with Gasteiger partial charge in [-0.1, -0.05) is 18.2 Å². The molecule has 2 aromatic rings. The van der Waals surface area contributed by atoms with Crippen LogP contribution in [-0.4, -0.2) is 22.6 Å². The van der Waals surface area contributed by atoms with Crippen molar-refractivity contribution in [2.75, 3.05) is 11.9 Å². The van der Waals surface area contributed by atoms with Crippen molar-refractivity contribution in [2.45, 2.75) is 20.0 Å². The third kappa shape index (κ3) is 4.29. The Hall–Kier alpha value is -2.40. The van der Waals surface area contributed by atoms with E-state index in [0.717, 1.165) is 11.3 Å². The molecule has 5 heteroatoms. The number of pyridine rings is 1. The van der Waals surface area contributed by atoms with Crippen molar-refractivity contribution in [1.82, 2.24) is 4.98 Å². The van der Waals surface area contributed by atoms with Gasteiger partial charge >= 0.3 is 0 Å². The zero-order chi connectivity index (χ0) is 15.1. The molecule has 1 heterocycles. The van der Waals surface area contributed by atoms with Gasteiger partial charge in [-0.2, -0.15) is 0 Å². The second-order valence-corrected chi connectivity index (χ2v) is 4.47. The smallest absolute Gasteiger partial charge is 0.229 e. The first-order valence-electron chi connectivity index (χ1n) is 6.79. The fourth-order valence-electron chi connectivity index (χ4n) is 1.91. The fourth-order valence-corrected chi connectivity index (χ4v) is 1.91. The van der Waals surface area contributed by atoms with E-state index in [2.05, 4.69) is 10.3 Å². The number of benzene rings is 1. The van der Waals surface area contributed by atoms with E-state index < -0.39 is 0 Å². The summed E-state index contributed by atoms with van der Waals surface area (Å²) in [6.07, 6.45) is 1.82. The van der Waals surface area contributed by atoms with Crippen LogP contribution in [-0.2, 0) is 17.8 Å². The van der Waals surface area contributed by atoms with Crippen molar-refractivity contribution >= 4 is 11.7 Å². The van der Waals surface area contributed by atoms with Gasteiger partial charge in [0.1, 0.15) is 11.6 Å². The standard InChI is InChI=1S/C16H18N2O3/c1-2-21-14-7-5-12(6-8-14)10-15(20)18-16-13(11-19)4-3-9-17-16/h3-9,19H,2,10-11H2,1H3,(H,17,18,20). The Balaban J connectivity index is 1.98. The zero-order valence-electron chi connectivity index (χ0n) is 11.9. The van der Waals surface area contributed by atoms with Crippen LogP contribution in [0.5, 0.6) is 5.75 Å². The van der Waals surface area contributed by atoms with Crippen molar-refractivity contribution in [3.05, 3.63) is 53.7 Å². The molecule has 1 aromatic carbocycles. The molecular weight excluding hydrogens is 268 g/mol. The van der Waals surface area contributed by atoms with Gasteiger partial charge in [0, 0.05) is 11.8 Å². The van der Waals surface area contributed by atoms with Crippen LogP contribution in [0.2, 0.25) is 0 Å². The highest BCUT2D eigenvalue weighted by molar-refractivity contribution is 5.92. The Labute approximate surface area is 123 Å². The minimum Gasteiger partial charge on any atom is -0.494 e. The minimum atomic E-state index is -0.174. The molecule has 0 unspecified atom stereocenters. The van der Waals surface area contributed by atoms with E-state index in [1.165, 1.54) is 0 Å². The lowest BCUT2D eigenvalue weighted by molar-refractivity contribution is -0.115.